The Bertz CT molecular complexity index is 586. The molecule has 0 saturated heterocycles. The molecule has 0 aromatic heterocycles. The number of likely N-dealkylation sites (N-methyl/N-ethyl adjacent to an activating group) is 1. The van der Waals surface area contributed by atoms with Gasteiger partial charge in [-0.05, 0) is 48.4 Å². The Labute approximate surface area is 128 Å². The molecule has 1 unspecified atom stereocenters. The summed E-state index contributed by atoms with van der Waals surface area (Å²) in [6.45, 7) is 2.79. The number of hydrogen-bond donors (Lipinski definition) is 1. The third kappa shape index (κ3) is 3.72. The van der Waals surface area contributed by atoms with Crippen LogP contribution in [0.3, 0.4) is 0 Å². The van der Waals surface area contributed by atoms with Crippen LogP contribution < -0.4 is 5.32 Å². The van der Waals surface area contributed by atoms with E-state index < -0.39 is 0 Å². The molecule has 1 atom stereocenters. The fourth-order valence-electron chi connectivity index (χ4n) is 2.22. The van der Waals surface area contributed by atoms with Crippen LogP contribution in [0.4, 0.5) is 4.39 Å². The highest BCUT2D eigenvalue weighted by Gasteiger charge is 2.16. The van der Waals surface area contributed by atoms with Gasteiger partial charge in [-0.3, -0.25) is 0 Å². The lowest BCUT2D eigenvalue weighted by molar-refractivity contribution is 0.528. The van der Waals surface area contributed by atoms with E-state index in [2.05, 4.69) is 5.32 Å². The summed E-state index contributed by atoms with van der Waals surface area (Å²) >= 11 is 12.2. The van der Waals surface area contributed by atoms with E-state index in [0.717, 1.165) is 12.1 Å². The van der Waals surface area contributed by atoms with Crippen molar-refractivity contribution in [2.75, 3.05) is 6.54 Å². The molecule has 1 nitrogen and oxygen atoms in total. The Morgan fingerprint density at radius 1 is 1.15 bits per heavy atom. The van der Waals surface area contributed by atoms with Crippen LogP contribution in [0.1, 0.15) is 24.1 Å². The first-order valence-electron chi connectivity index (χ1n) is 6.53. The second kappa shape index (κ2) is 7.07. The third-order valence-corrected chi connectivity index (χ3v) is 3.74. The molecule has 0 amide bonds. The Balaban J connectivity index is 2.30. The van der Waals surface area contributed by atoms with E-state index in [1.54, 1.807) is 12.1 Å². The topological polar surface area (TPSA) is 12.0 Å². The number of benzene rings is 2. The zero-order chi connectivity index (χ0) is 14.5. The molecule has 106 valence electrons. The second-order valence-electron chi connectivity index (χ2n) is 4.57. The van der Waals surface area contributed by atoms with Crippen molar-refractivity contribution in [3.05, 3.63) is 69.5 Å². The highest BCUT2D eigenvalue weighted by molar-refractivity contribution is 6.31. The highest BCUT2D eigenvalue weighted by atomic mass is 35.5. The number of rotatable bonds is 5. The van der Waals surface area contributed by atoms with E-state index in [1.807, 2.05) is 31.2 Å². The van der Waals surface area contributed by atoms with Crippen molar-refractivity contribution in [2.24, 2.45) is 0 Å². The normalized spacial score (nSPS) is 12.4. The molecule has 0 fully saturated rings. The molecule has 2 rings (SSSR count). The standard InChI is InChI=1S/C16H16Cl2FN/c1-2-20-16(13-5-3-4-6-14(13)18)10-11-9-12(17)7-8-15(11)19/h3-9,16,20H,2,10H2,1H3. The van der Waals surface area contributed by atoms with Gasteiger partial charge in [-0.25, -0.2) is 4.39 Å². The quantitative estimate of drug-likeness (QED) is 0.817. The lowest BCUT2D eigenvalue weighted by atomic mass is 9.98. The molecule has 0 aliphatic heterocycles. The third-order valence-electron chi connectivity index (χ3n) is 3.16. The fourth-order valence-corrected chi connectivity index (χ4v) is 2.68. The Kier molecular flexibility index (Phi) is 5.41. The summed E-state index contributed by atoms with van der Waals surface area (Å²) in [6, 6.07) is 12.2. The van der Waals surface area contributed by atoms with Crippen molar-refractivity contribution in [3.8, 4) is 0 Å². The first-order chi connectivity index (χ1) is 9.61. The molecule has 0 aliphatic carbocycles. The van der Waals surface area contributed by atoms with Gasteiger partial charge in [0.15, 0.2) is 0 Å². The SMILES string of the molecule is CCNC(Cc1cc(Cl)ccc1F)c1ccccc1Cl. The molecule has 1 N–H and O–H groups in total. The predicted molar refractivity (Wildman–Crippen MR) is 83.0 cm³/mol. The van der Waals surface area contributed by atoms with Gasteiger partial charge in [0.25, 0.3) is 0 Å². The molecule has 2 aromatic rings. The van der Waals surface area contributed by atoms with Gasteiger partial charge in [-0.1, -0.05) is 48.3 Å². The van der Waals surface area contributed by atoms with Gasteiger partial charge in [-0.2, -0.15) is 0 Å². The average Bonchev–Trinajstić information content (AvgIpc) is 2.43. The molecule has 0 spiro atoms. The van der Waals surface area contributed by atoms with Crippen molar-refractivity contribution in [2.45, 2.75) is 19.4 Å². The molecule has 4 heteroatoms. The second-order valence-corrected chi connectivity index (χ2v) is 5.42. The Hall–Kier alpha value is -1.09. The van der Waals surface area contributed by atoms with Crippen molar-refractivity contribution >= 4 is 23.2 Å². The molecule has 0 heterocycles. The highest BCUT2D eigenvalue weighted by Crippen LogP contribution is 2.27. The summed E-state index contributed by atoms with van der Waals surface area (Å²) in [5.74, 6) is -0.246. The lowest BCUT2D eigenvalue weighted by Crippen LogP contribution is -2.23. The molecular formula is C16H16Cl2FN. The minimum Gasteiger partial charge on any atom is -0.310 e. The van der Waals surface area contributed by atoms with E-state index in [9.17, 15) is 4.39 Å². The van der Waals surface area contributed by atoms with Crippen LogP contribution in [0.2, 0.25) is 10.0 Å². The average molecular weight is 312 g/mol. The summed E-state index contributed by atoms with van der Waals surface area (Å²) in [4.78, 5) is 0. The molecule has 0 bridgehead atoms. The van der Waals surface area contributed by atoms with E-state index >= 15 is 0 Å². The number of halogens is 3. The van der Waals surface area contributed by atoms with E-state index in [0.29, 0.717) is 22.0 Å². The van der Waals surface area contributed by atoms with Crippen LogP contribution >= 0.6 is 23.2 Å². The molecule has 2 aromatic carbocycles. The Morgan fingerprint density at radius 2 is 1.90 bits per heavy atom. The van der Waals surface area contributed by atoms with Crippen LogP contribution in [0.25, 0.3) is 0 Å². The van der Waals surface area contributed by atoms with Crippen molar-refractivity contribution in [3.63, 3.8) is 0 Å². The maximum absolute atomic E-state index is 13.9. The van der Waals surface area contributed by atoms with Gasteiger partial charge in [0.05, 0.1) is 0 Å². The maximum atomic E-state index is 13.9. The summed E-state index contributed by atoms with van der Waals surface area (Å²) < 4.78 is 13.9. The Morgan fingerprint density at radius 3 is 2.60 bits per heavy atom. The fraction of sp³-hybridized carbons (Fsp3) is 0.250. The van der Waals surface area contributed by atoms with Gasteiger partial charge in [-0.15, -0.1) is 0 Å². The number of hydrogen-bond acceptors (Lipinski definition) is 1. The monoisotopic (exact) mass is 311 g/mol. The van der Waals surface area contributed by atoms with Crippen LogP contribution in [0.15, 0.2) is 42.5 Å². The van der Waals surface area contributed by atoms with Gasteiger partial charge in [0.2, 0.25) is 0 Å². The van der Waals surface area contributed by atoms with Crippen LogP contribution in [0.5, 0.6) is 0 Å². The summed E-state index contributed by atoms with van der Waals surface area (Å²) in [5.41, 5.74) is 1.55. The van der Waals surface area contributed by atoms with Crippen LogP contribution in [-0.4, -0.2) is 6.54 Å². The zero-order valence-corrected chi connectivity index (χ0v) is 12.7. The maximum Gasteiger partial charge on any atom is 0.126 e. The minimum absolute atomic E-state index is 0.0401. The largest absolute Gasteiger partial charge is 0.310 e. The smallest absolute Gasteiger partial charge is 0.126 e. The van der Waals surface area contributed by atoms with Crippen LogP contribution in [0, 0.1) is 5.82 Å². The molecule has 0 radical (unpaired) electrons. The lowest BCUT2D eigenvalue weighted by Gasteiger charge is -2.20. The summed E-state index contributed by atoms with van der Waals surface area (Å²) in [5, 5.41) is 4.56. The molecule has 0 aliphatic rings. The summed E-state index contributed by atoms with van der Waals surface area (Å²) in [6.07, 6.45) is 0.504. The molecule has 0 saturated carbocycles. The van der Waals surface area contributed by atoms with E-state index in [4.69, 9.17) is 23.2 Å². The molecule has 20 heavy (non-hydrogen) atoms. The summed E-state index contributed by atoms with van der Waals surface area (Å²) in [7, 11) is 0. The van der Waals surface area contributed by atoms with Crippen molar-refractivity contribution in [1.29, 1.82) is 0 Å². The van der Waals surface area contributed by atoms with Gasteiger partial charge < -0.3 is 5.32 Å². The number of nitrogens with one attached hydrogen (secondary N) is 1. The first-order valence-corrected chi connectivity index (χ1v) is 7.29. The van der Waals surface area contributed by atoms with Gasteiger partial charge in [0, 0.05) is 16.1 Å². The first kappa shape index (κ1) is 15.3. The van der Waals surface area contributed by atoms with E-state index in [-0.39, 0.29) is 11.9 Å². The van der Waals surface area contributed by atoms with Gasteiger partial charge in [0.1, 0.15) is 5.82 Å². The minimum atomic E-state index is -0.246. The van der Waals surface area contributed by atoms with E-state index in [1.165, 1.54) is 6.07 Å². The predicted octanol–water partition coefficient (Wildman–Crippen LogP) is 5.03. The van der Waals surface area contributed by atoms with Crippen molar-refractivity contribution in [1.82, 2.24) is 5.32 Å². The molecular weight excluding hydrogens is 296 g/mol. The zero-order valence-electron chi connectivity index (χ0n) is 11.2. The van der Waals surface area contributed by atoms with Crippen LogP contribution in [-0.2, 0) is 6.42 Å². The van der Waals surface area contributed by atoms with Gasteiger partial charge >= 0.3 is 0 Å². The van der Waals surface area contributed by atoms with Crippen molar-refractivity contribution < 1.29 is 4.39 Å².